The summed E-state index contributed by atoms with van der Waals surface area (Å²) in [6.07, 6.45) is -2.80. The van der Waals surface area contributed by atoms with Crippen molar-refractivity contribution < 1.29 is 13.2 Å². The molecule has 0 unspecified atom stereocenters. The molecule has 0 atom stereocenters. The maximum absolute atomic E-state index is 12.6. The minimum Gasteiger partial charge on any atom is -0.380 e. The van der Waals surface area contributed by atoms with Crippen LogP contribution in [-0.2, 0) is 6.18 Å². The van der Waals surface area contributed by atoms with Crippen LogP contribution in [0.2, 0.25) is 0 Å². The van der Waals surface area contributed by atoms with Gasteiger partial charge in [0.2, 0.25) is 0 Å². The summed E-state index contributed by atoms with van der Waals surface area (Å²) in [6.45, 7) is 0. The minimum absolute atomic E-state index is 0.182. The summed E-state index contributed by atoms with van der Waals surface area (Å²) in [5, 5.41) is 8.41. The van der Waals surface area contributed by atoms with E-state index in [1.54, 1.807) is 18.3 Å². The third kappa shape index (κ3) is 2.37. The van der Waals surface area contributed by atoms with E-state index < -0.39 is 11.7 Å². The Morgan fingerprint density at radius 3 is 2.33 bits per heavy atom. The fraction of sp³-hybridized carbons (Fsp3) is 0.0714. The first kappa shape index (κ1) is 13.3. The highest BCUT2D eigenvalue weighted by Gasteiger charge is 2.30. The lowest BCUT2D eigenvalue weighted by atomic mass is 10.1. The molecule has 2 aromatic heterocycles. The first-order valence-electron chi connectivity index (χ1n) is 6.01. The van der Waals surface area contributed by atoms with Crippen LogP contribution < -0.4 is 5.73 Å². The van der Waals surface area contributed by atoms with Crippen molar-refractivity contribution in [3.05, 3.63) is 48.2 Å². The van der Waals surface area contributed by atoms with Crippen molar-refractivity contribution in [1.29, 1.82) is 0 Å². The summed E-state index contributed by atoms with van der Waals surface area (Å²) < 4.78 is 37.7. The number of rotatable bonds is 1. The first-order chi connectivity index (χ1) is 9.97. The predicted molar refractivity (Wildman–Crippen MR) is 72.2 cm³/mol. The van der Waals surface area contributed by atoms with Gasteiger partial charge in [-0.2, -0.15) is 13.2 Å². The number of nitrogen functional groups attached to an aromatic ring is 1. The zero-order chi connectivity index (χ0) is 15.0. The molecule has 0 saturated carbocycles. The molecule has 0 aliphatic rings. The van der Waals surface area contributed by atoms with E-state index in [0.29, 0.717) is 22.2 Å². The number of hydrogen-bond acceptors (Lipinski definition) is 4. The van der Waals surface area contributed by atoms with Gasteiger partial charge < -0.3 is 5.73 Å². The van der Waals surface area contributed by atoms with Crippen molar-refractivity contribution in [3.8, 4) is 11.3 Å². The summed E-state index contributed by atoms with van der Waals surface area (Å²) in [5.41, 5.74) is 6.43. The molecule has 4 nitrogen and oxygen atoms in total. The number of pyridine rings is 1. The highest BCUT2D eigenvalue weighted by molar-refractivity contribution is 5.96. The molecule has 2 N–H and O–H groups in total. The molecule has 0 saturated heterocycles. The molecule has 1 aromatic carbocycles. The molecule has 3 rings (SSSR count). The normalized spacial score (nSPS) is 11.8. The quantitative estimate of drug-likeness (QED) is 0.747. The summed E-state index contributed by atoms with van der Waals surface area (Å²) in [5.74, 6) is 0.182. The van der Waals surface area contributed by atoms with E-state index in [-0.39, 0.29) is 5.82 Å². The van der Waals surface area contributed by atoms with E-state index in [1.165, 1.54) is 12.1 Å². The van der Waals surface area contributed by atoms with Crippen LogP contribution in [0.25, 0.3) is 22.2 Å². The molecule has 0 aliphatic heterocycles. The van der Waals surface area contributed by atoms with Gasteiger partial charge in [-0.05, 0) is 24.3 Å². The summed E-state index contributed by atoms with van der Waals surface area (Å²) >= 11 is 0. The summed E-state index contributed by atoms with van der Waals surface area (Å²) in [7, 11) is 0. The van der Waals surface area contributed by atoms with Crippen LogP contribution in [0.1, 0.15) is 5.56 Å². The van der Waals surface area contributed by atoms with E-state index in [2.05, 4.69) is 15.2 Å². The van der Waals surface area contributed by atoms with Crippen molar-refractivity contribution in [2.75, 3.05) is 5.73 Å². The molecule has 0 fully saturated rings. The Labute approximate surface area is 117 Å². The van der Waals surface area contributed by atoms with Crippen LogP contribution in [0.5, 0.6) is 0 Å². The van der Waals surface area contributed by atoms with Crippen molar-refractivity contribution in [3.63, 3.8) is 0 Å². The molecule has 2 heterocycles. The molecule has 0 spiro atoms. The third-order valence-electron chi connectivity index (χ3n) is 3.05. The smallest absolute Gasteiger partial charge is 0.380 e. The van der Waals surface area contributed by atoms with Gasteiger partial charge >= 0.3 is 6.18 Å². The van der Waals surface area contributed by atoms with E-state index in [0.717, 1.165) is 12.1 Å². The topological polar surface area (TPSA) is 64.7 Å². The second kappa shape index (κ2) is 4.69. The average molecular weight is 290 g/mol. The van der Waals surface area contributed by atoms with Crippen LogP contribution in [-0.4, -0.2) is 15.2 Å². The number of nitrogens with two attached hydrogens (primary N) is 1. The van der Waals surface area contributed by atoms with E-state index in [9.17, 15) is 13.2 Å². The largest absolute Gasteiger partial charge is 0.416 e. The van der Waals surface area contributed by atoms with Crippen LogP contribution in [0.4, 0.5) is 19.0 Å². The van der Waals surface area contributed by atoms with E-state index in [1.807, 2.05) is 0 Å². The Morgan fingerprint density at radius 2 is 1.67 bits per heavy atom. The number of hydrogen-bond donors (Lipinski definition) is 1. The van der Waals surface area contributed by atoms with Crippen LogP contribution in [0.15, 0.2) is 42.6 Å². The zero-order valence-corrected chi connectivity index (χ0v) is 10.6. The average Bonchev–Trinajstić information content (AvgIpc) is 2.47. The Kier molecular flexibility index (Phi) is 2.97. The molecule has 0 radical (unpaired) electrons. The Morgan fingerprint density at radius 1 is 0.952 bits per heavy atom. The fourth-order valence-corrected chi connectivity index (χ4v) is 2.04. The van der Waals surface area contributed by atoms with Gasteiger partial charge in [0.15, 0.2) is 5.82 Å². The number of nitrogens with zero attached hydrogens (tertiary/aromatic N) is 3. The van der Waals surface area contributed by atoms with Crippen LogP contribution >= 0.6 is 0 Å². The van der Waals surface area contributed by atoms with E-state index >= 15 is 0 Å². The minimum atomic E-state index is -4.37. The Balaban J connectivity index is 2.15. The number of anilines is 1. The molecular formula is C14H9F3N4. The van der Waals surface area contributed by atoms with Gasteiger partial charge in [-0.25, -0.2) is 0 Å². The zero-order valence-electron chi connectivity index (χ0n) is 10.6. The lowest BCUT2D eigenvalue weighted by Crippen LogP contribution is -2.04. The highest BCUT2D eigenvalue weighted by Crippen LogP contribution is 2.32. The third-order valence-corrected chi connectivity index (χ3v) is 3.05. The van der Waals surface area contributed by atoms with Crippen molar-refractivity contribution in [1.82, 2.24) is 15.2 Å². The maximum Gasteiger partial charge on any atom is 0.416 e. The number of aromatic nitrogens is 3. The Hall–Kier alpha value is -2.70. The lowest BCUT2D eigenvalue weighted by molar-refractivity contribution is -0.137. The molecule has 7 heteroatoms. The molecule has 21 heavy (non-hydrogen) atoms. The van der Waals surface area contributed by atoms with Gasteiger partial charge in [-0.1, -0.05) is 12.1 Å². The summed E-state index contributed by atoms with van der Waals surface area (Å²) in [4.78, 5) is 4.12. The highest BCUT2D eigenvalue weighted by atomic mass is 19.4. The van der Waals surface area contributed by atoms with Crippen molar-refractivity contribution >= 4 is 16.7 Å². The SMILES string of the molecule is Nc1nnc(-c2ccc(C(F)(F)F)cc2)c2cccnc12. The second-order valence-electron chi connectivity index (χ2n) is 4.41. The predicted octanol–water partition coefficient (Wildman–Crippen LogP) is 3.29. The molecule has 0 aliphatic carbocycles. The monoisotopic (exact) mass is 290 g/mol. The van der Waals surface area contributed by atoms with Gasteiger partial charge in [0.25, 0.3) is 0 Å². The molecular weight excluding hydrogens is 281 g/mol. The van der Waals surface area contributed by atoms with E-state index in [4.69, 9.17) is 5.73 Å². The molecule has 0 bridgehead atoms. The lowest BCUT2D eigenvalue weighted by Gasteiger charge is -2.09. The standard InChI is InChI=1S/C14H9F3N4/c15-14(16,17)9-5-3-8(4-6-9)11-10-2-1-7-19-12(10)13(18)21-20-11/h1-7H,(H2,18,21). The number of fused-ring (bicyclic) bond motifs is 1. The fourth-order valence-electron chi connectivity index (χ4n) is 2.04. The van der Waals surface area contributed by atoms with Gasteiger partial charge in [0.1, 0.15) is 11.2 Å². The molecule has 0 amide bonds. The number of alkyl halides is 3. The first-order valence-corrected chi connectivity index (χ1v) is 6.01. The second-order valence-corrected chi connectivity index (χ2v) is 4.41. The van der Waals surface area contributed by atoms with Crippen molar-refractivity contribution in [2.24, 2.45) is 0 Å². The summed E-state index contributed by atoms with van der Waals surface area (Å²) in [6, 6.07) is 8.19. The van der Waals surface area contributed by atoms with Crippen LogP contribution in [0.3, 0.4) is 0 Å². The Bertz CT molecular complexity index is 797. The number of halogens is 3. The van der Waals surface area contributed by atoms with Gasteiger partial charge in [-0.3, -0.25) is 4.98 Å². The van der Waals surface area contributed by atoms with Gasteiger partial charge in [-0.15, -0.1) is 10.2 Å². The van der Waals surface area contributed by atoms with Crippen molar-refractivity contribution in [2.45, 2.75) is 6.18 Å². The van der Waals surface area contributed by atoms with Gasteiger partial charge in [0.05, 0.1) is 5.56 Å². The van der Waals surface area contributed by atoms with Crippen LogP contribution in [0, 0.1) is 0 Å². The van der Waals surface area contributed by atoms with Gasteiger partial charge in [0, 0.05) is 17.1 Å². The number of benzene rings is 1. The maximum atomic E-state index is 12.6. The molecule has 3 aromatic rings. The molecule has 106 valence electrons.